The van der Waals surface area contributed by atoms with E-state index in [-0.39, 0.29) is 59.6 Å². The normalized spacial score (nSPS) is 12.5. The lowest BCUT2D eigenvalue weighted by Gasteiger charge is -2.28. The highest BCUT2D eigenvalue weighted by Gasteiger charge is 2.35. The van der Waals surface area contributed by atoms with Crippen LogP contribution in [0.25, 0.3) is 0 Å². The Kier molecular flexibility index (Phi) is 28.6. The van der Waals surface area contributed by atoms with Gasteiger partial charge in [-0.05, 0) is 44.9 Å². The van der Waals surface area contributed by atoms with Crippen molar-refractivity contribution in [3.63, 3.8) is 0 Å². The van der Waals surface area contributed by atoms with Gasteiger partial charge in [-0.25, -0.2) is 19.7 Å². The van der Waals surface area contributed by atoms with Crippen LogP contribution < -0.4 is 14.2 Å². The number of hydrogen-bond donors (Lipinski definition) is 0. The van der Waals surface area contributed by atoms with Gasteiger partial charge >= 0.3 is 0 Å². The van der Waals surface area contributed by atoms with Crippen molar-refractivity contribution in [1.82, 2.24) is 34.9 Å². The van der Waals surface area contributed by atoms with Gasteiger partial charge in [0, 0.05) is 85.6 Å². The minimum absolute atomic E-state index is 0.0525. The molecule has 0 saturated heterocycles. The monoisotopic (exact) mass is 1190 g/mol. The van der Waals surface area contributed by atoms with Crippen LogP contribution in [0.2, 0.25) is 0 Å². The Morgan fingerprint density at radius 3 is 1.03 bits per heavy atom. The van der Waals surface area contributed by atoms with Gasteiger partial charge in [0.1, 0.15) is 23.9 Å². The second kappa shape index (κ2) is 30.8. The first kappa shape index (κ1) is 80.0. The molecule has 6 rings (SSSR count). The Labute approximate surface area is 525 Å². The molecule has 0 spiro atoms. The summed E-state index contributed by atoms with van der Waals surface area (Å²) in [7, 11) is 0. The van der Waals surface area contributed by atoms with Crippen molar-refractivity contribution in [1.29, 1.82) is 0 Å². The maximum atomic E-state index is 11.8. The van der Waals surface area contributed by atoms with E-state index in [4.69, 9.17) is 0 Å². The van der Waals surface area contributed by atoms with Crippen LogP contribution in [0.3, 0.4) is 0 Å². The van der Waals surface area contributed by atoms with Crippen molar-refractivity contribution in [3.8, 4) is 0 Å². The summed E-state index contributed by atoms with van der Waals surface area (Å²) in [5, 5.41) is 34.5. The van der Waals surface area contributed by atoms with Crippen LogP contribution in [0.4, 0.5) is 0 Å². The van der Waals surface area contributed by atoms with Gasteiger partial charge in [0.2, 0.25) is 5.69 Å². The molecule has 0 unspecified atom stereocenters. The molecule has 0 aromatic carbocycles. The van der Waals surface area contributed by atoms with Crippen molar-refractivity contribution < 1.29 is 14.2 Å². The van der Waals surface area contributed by atoms with Crippen molar-refractivity contribution in [3.05, 3.63) is 170 Å². The summed E-state index contributed by atoms with van der Waals surface area (Å²) in [4.78, 5) is 30.3. The molecule has 0 aliphatic carbocycles. The molecule has 13 heteroatoms. The van der Waals surface area contributed by atoms with E-state index in [1.165, 1.54) is 42.0 Å². The fraction of sp³-hybridized carbons (Fsp3) is 0.644. The van der Waals surface area contributed by atoms with Crippen LogP contribution in [0.15, 0.2) is 92.7 Å². The molecule has 0 aliphatic heterocycles. The number of rotatable bonds is 0. The van der Waals surface area contributed by atoms with Gasteiger partial charge in [0.15, 0.2) is 18.6 Å². The molecule has 0 fully saturated rings. The fourth-order valence-electron chi connectivity index (χ4n) is 8.75. The predicted octanol–water partition coefficient (Wildman–Crippen LogP) is 17.5. The van der Waals surface area contributed by atoms with Gasteiger partial charge in [0.25, 0.3) is 6.33 Å². The lowest BCUT2D eigenvalue weighted by atomic mass is 9.78. The van der Waals surface area contributed by atoms with E-state index in [1.807, 2.05) is 66.1 Å². The highest BCUT2D eigenvalue weighted by atomic mass is 16.5. The molecule has 0 aliphatic rings. The Morgan fingerprint density at radius 1 is 0.337 bits per heavy atom. The first-order valence-corrected chi connectivity index (χ1v) is 30.8. The van der Waals surface area contributed by atoms with E-state index in [9.17, 15) is 15.6 Å². The van der Waals surface area contributed by atoms with E-state index in [2.05, 4.69) is 242 Å². The number of pyridine rings is 2. The van der Waals surface area contributed by atoms with E-state index < -0.39 is 0 Å². The Hall–Kier alpha value is -5.98. The fourth-order valence-corrected chi connectivity index (χ4v) is 8.75. The van der Waals surface area contributed by atoms with E-state index >= 15 is 0 Å². The van der Waals surface area contributed by atoms with Gasteiger partial charge in [-0.1, -0.05) is 260 Å². The van der Waals surface area contributed by atoms with Crippen LogP contribution >= 0.6 is 0 Å². The summed E-state index contributed by atoms with van der Waals surface area (Å²) in [6.07, 6.45) is 19.5. The Balaban J connectivity index is 0.00000100. The standard InChI is InChI=1S/C13H21N.2C12H20N2O.2C12H20N2.C9H13NO.C3H8/c1-12(2,3)10-8-7-9-14-11(10)13(4,5)6;1-11(2,3)9-7-13-8-14(15)10(9)12(4,5)6;1-11(2,3)9-10(12(4,5)6)14(15)8-7-13-9;1-11(2,3)9-7-13-8-14-10(9)12(4,5)6;1-11(2,3)9-10(12(4,5)6)14-8-7-13-9;1-9(2,3)8-5-4-6-10(11)7-8;1-3-2/h7-9H,1-6H3;2*7-8H,1-6H3;2*7-8H,1-6H3;4-7H,1-3H3;3H2,1-2H3. The summed E-state index contributed by atoms with van der Waals surface area (Å²) in [6.45, 7) is 74.8. The molecular weight excluding hydrogens is 1060 g/mol. The van der Waals surface area contributed by atoms with Crippen LogP contribution in [-0.2, 0) is 59.6 Å². The number of hydrogen-bond acceptors (Lipinski definition) is 10. The summed E-state index contributed by atoms with van der Waals surface area (Å²) < 4.78 is 2.66. The molecule has 0 atom stereocenters. The zero-order valence-corrected chi connectivity index (χ0v) is 61.1. The lowest BCUT2D eigenvalue weighted by Crippen LogP contribution is -2.42. The first-order chi connectivity index (χ1) is 38.4. The second-order valence-electron chi connectivity index (χ2n) is 33.8. The second-order valence-corrected chi connectivity index (χ2v) is 33.8. The molecule has 6 aromatic rings. The molecule has 13 nitrogen and oxygen atoms in total. The highest BCUT2D eigenvalue weighted by Crippen LogP contribution is 2.35. The average Bonchev–Trinajstić information content (AvgIpc) is 2.90. The Morgan fingerprint density at radius 2 is 0.721 bits per heavy atom. The smallest absolute Gasteiger partial charge is 0.289 e. The van der Waals surface area contributed by atoms with Gasteiger partial charge in [0.05, 0.1) is 23.3 Å². The quantitative estimate of drug-likeness (QED) is 0.105. The summed E-state index contributed by atoms with van der Waals surface area (Å²) in [5.41, 5.74) is 11.9. The molecular formula is C73H122N10O3. The van der Waals surface area contributed by atoms with E-state index in [0.29, 0.717) is 0 Å². The molecule has 0 bridgehead atoms. The van der Waals surface area contributed by atoms with Crippen molar-refractivity contribution in [2.24, 2.45) is 0 Å². The third kappa shape index (κ3) is 27.0. The highest BCUT2D eigenvalue weighted by molar-refractivity contribution is 5.33. The number of nitrogens with zero attached hydrogens (tertiary/aromatic N) is 10. The molecule has 86 heavy (non-hydrogen) atoms. The van der Waals surface area contributed by atoms with Gasteiger partial charge in [-0.15, -0.1) is 0 Å². The van der Waals surface area contributed by atoms with E-state index in [0.717, 1.165) is 59.5 Å². The molecule has 0 N–H and O–H groups in total. The van der Waals surface area contributed by atoms with Gasteiger partial charge in [-0.3, -0.25) is 15.0 Å². The third-order valence-electron chi connectivity index (χ3n) is 13.0. The lowest BCUT2D eigenvalue weighted by molar-refractivity contribution is -0.622. The minimum Gasteiger partial charge on any atom is -0.711 e. The zero-order valence-electron chi connectivity index (χ0n) is 61.1. The maximum Gasteiger partial charge on any atom is 0.289 e. The first-order valence-electron chi connectivity index (χ1n) is 30.8. The summed E-state index contributed by atoms with van der Waals surface area (Å²) in [6, 6.07) is 7.95. The van der Waals surface area contributed by atoms with Gasteiger partial charge in [-0.2, -0.15) is 9.46 Å². The minimum atomic E-state index is -0.182. The summed E-state index contributed by atoms with van der Waals surface area (Å²) in [5.74, 6) is 0. The van der Waals surface area contributed by atoms with Crippen molar-refractivity contribution >= 4 is 0 Å². The molecule has 0 amide bonds. The van der Waals surface area contributed by atoms with Crippen LogP contribution in [-0.4, -0.2) is 34.9 Å². The third-order valence-corrected chi connectivity index (χ3v) is 13.0. The predicted molar refractivity (Wildman–Crippen MR) is 362 cm³/mol. The van der Waals surface area contributed by atoms with Crippen LogP contribution in [0, 0.1) is 15.6 Å². The number of aromatic nitrogens is 10. The summed E-state index contributed by atoms with van der Waals surface area (Å²) >= 11 is 0. The average molecular weight is 1190 g/mol. The zero-order chi connectivity index (χ0) is 67.8. The largest absolute Gasteiger partial charge is 0.711 e. The molecule has 6 heterocycles. The topological polar surface area (TPSA) is 171 Å². The molecule has 0 saturated carbocycles. The van der Waals surface area contributed by atoms with Gasteiger partial charge < -0.3 is 15.6 Å². The van der Waals surface area contributed by atoms with Crippen molar-refractivity contribution in [2.45, 2.75) is 308 Å². The molecule has 0 radical (unpaired) electrons. The SMILES string of the molecule is CC(C)(C)c1ccc[n+]([O-])c1.CC(C)(C)c1cccnc1C(C)(C)C.CC(C)(C)c1cnc[n+]([O-])c1C(C)(C)C.CC(C)(C)c1cncnc1C(C)(C)C.CC(C)(C)c1ncc[n+]([O-])c1C(C)(C)C.CC(C)(C)c1nccnc1C(C)(C)C.CCC. The Bertz CT molecular complexity index is 2650. The molecule has 482 valence electrons. The maximum absolute atomic E-state index is 11.8. The van der Waals surface area contributed by atoms with E-state index in [1.54, 1.807) is 43.4 Å². The molecule has 6 aromatic heterocycles. The van der Waals surface area contributed by atoms with Crippen LogP contribution in [0.1, 0.15) is 311 Å². The van der Waals surface area contributed by atoms with Crippen molar-refractivity contribution in [2.75, 3.05) is 0 Å². The van der Waals surface area contributed by atoms with Crippen LogP contribution in [0.5, 0.6) is 0 Å².